The lowest BCUT2D eigenvalue weighted by Crippen LogP contribution is -2.17. The number of hydrogen-bond acceptors (Lipinski definition) is 5. The molecule has 76 valence electrons. The maximum Gasteiger partial charge on any atom is 0.433 e. The average Bonchev–Trinajstić information content (AvgIpc) is 2.77. The smallest absolute Gasteiger partial charge is 0.405 e. The van der Waals surface area contributed by atoms with Crippen LogP contribution in [0.2, 0.25) is 0 Å². The molecule has 0 radical (unpaired) electrons. The van der Waals surface area contributed by atoms with Gasteiger partial charge in [-0.3, -0.25) is 10.1 Å². The summed E-state index contributed by atoms with van der Waals surface area (Å²) in [7, 11) is 0. The monoisotopic (exact) mass is 198 g/mol. The van der Waals surface area contributed by atoms with E-state index in [1.54, 1.807) is 6.07 Å². The molecule has 0 saturated heterocycles. The second-order valence-corrected chi connectivity index (χ2v) is 3.49. The molecule has 6 heteroatoms. The van der Waals surface area contributed by atoms with Crippen LogP contribution in [0.4, 0.5) is 5.88 Å². The maximum absolute atomic E-state index is 10.4. The molecule has 0 atom stereocenters. The summed E-state index contributed by atoms with van der Waals surface area (Å²) in [6, 6.07) is 2.97. The minimum Gasteiger partial charge on any atom is -0.405 e. The van der Waals surface area contributed by atoms with Gasteiger partial charge in [-0.2, -0.15) is 0 Å². The molecule has 1 fully saturated rings. The third-order valence-corrected chi connectivity index (χ3v) is 2.51. The molecule has 14 heavy (non-hydrogen) atoms. The Hall–Kier alpha value is -1.40. The first-order valence-corrected chi connectivity index (χ1v) is 4.24. The van der Waals surface area contributed by atoms with Crippen LogP contribution in [0.3, 0.4) is 0 Å². The molecule has 1 aliphatic carbocycles. The van der Waals surface area contributed by atoms with Gasteiger partial charge in [0.05, 0.1) is 18.1 Å². The summed E-state index contributed by atoms with van der Waals surface area (Å²) >= 11 is 0. The topological polar surface area (TPSA) is 91.5 Å². The summed E-state index contributed by atoms with van der Waals surface area (Å²) < 4.78 is 5.09. The Labute approximate surface area is 79.7 Å². The summed E-state index contributed by atoms with van der Waals surface area (Å²) in [4.78, 5) is 14.4. The fourth-order valence-electron chi connectivity index (χ4n) is 1.48. The number of furan rings is 1. The van der Waals surface area contributed by atoms with Crippen molar-refractivity contribution in [2.24, 2.45) is 5.90 Å². The van der Waals surface area contributed by atoms with Crippen LogP contribution in [-0.4, -0.2) is 11.5 Å². The number of nitrogens with two attached hydrogens (primary N) is 1. The van der Waals surface area contributed by atoms with E-state index in [0.29, 0.717) is 12.4 Å². The van der Waals surface area contributed by atoms with Gasteiger partial charge < -0.3 is 9.25 Å². The quantitative estimate of drug-likeness (QED) is 0.577. The lowest BCUT2D eigenvalue weighted by molar-refractivity contribution is -0.402. The third-order valence-electron chi connectivity index (χ3n) is 2.51. The van der Waals surface area contributed by atoms with Crippen molar-refractivity contribution >= 4 is 5.88 Å². The van der Waals surface area contributed by atoms with Crippen molar-refractivity contribution in [3.05, 3.63) is 28.0 Å². The number of nitro groups is 1. The molecule has 1 aromatic heterocycles. The lowest BCUT2D eigenvalue weighted by atomic mass is 10.1. The highest BCUT2D eigenvalue weighted by molar-refractivity contribution is 5.28. The molecule has 1 heterocycles. The third kappa shape index (κ3) is 1.38. The molecular weight excluding hydrogens is 188 g/mol. The van der Waals surface area contributed by atoms with Gasteiger partial charge in [-0.15, -0.1) is 0 Å². The van der Waals surface area contributed by atoms with Gasteiger partial charge in [0.2, 0.25) is 0 Å². The zero-order valence-corrected chi connectivity index (χ0v) is 7.43. The van der Waals surface area contributed by atoms with Gasteiger partial charge in [-0.1, -0.05) is 0 Å². The summed E-state index contributed by atoms with van der Waals surface area (Å²) in [5.41, 5.74) is -0.219. The van der Waals surface area contributed by atoms with Crippen molar-refractivity contribution in [1.82, 2.24) is 0 Å². The van der Waals surface area contributed by atoms with Gasteiger partial charge in [0, 0.05) is 0 Å². The Morgan fingerprint density at radius 2 is 2.36 bits per heavy atom. The van der Waals surface area contributed by atoms with Gasteiger partial charge in [-0.05, 0) is 18.9 Å². The van der Waals surface area contributed by atoms with Gasteiger partial charge in [-0.25, -0.2) is 5.90 Å². The molecule has 0 amide bonds. The summed E-state index contributed by atoms with van der Waals surface area (Å²) in [6.45, 7) is 0.345. The summed E-state index contributed by atoms with van der Waals surface area (Å²) in [6.07, 6.45) is 1.80. The number of hydrogen-bond donors (Lipinski definition) is 1. The average molecular weight is 198 g/mol. The van der Waals surface area contributed by atoms with E-state index >= 15 is 0 Å². The van der Waals surface area contributed by atoms with Crippen LogP contribution in [0, 0.1) is 10.1 Å². The molecule has 6 nitrogen and oxygen atoms in total. The van der Waals surface area contributed by atoms with E-state index in [-0.39, 0.29) is 11.3 Å². The lowest BCUT2D eigenvalue weighted by Gasteiger charge is -2.08. The highest BCUT2D eigenvalue weighted by Crippen LogP contribution is 2.49. The van der Waals surface area contributed by atoms with Crippen molar-refractivity contribution in [1.29, 1.82) is 0 Å². The van der Waals surface area contributed by atoms with E-state index in [1.165, 1.54) is 6.07 Å². The Bertz CT molecular complexity index is 356. The van der Waals surface area contributed by atoms with E-state index in [0.717, 1.165) is 12.8 Å². The highest BCUT2D eigenvalue weighted by atomic mass is 16.6. The van der Waals surface area contributed by atoms with Crippen LogP contribution in [0.15, 0.2) is 16.5 Å². The number of rotatable bonds is 4. The first-order valence-electron chi connectivity index (χ1n) is 4.24. The minimum absolute atomic E-state index is 0.219. The maximum atomic E-state index is 10.4. The van der Waals surface area contributed by atoms with Gasteiger partial charge in [0.15, 0.2) is 0 Å². The standard InChI is InChI=1S/C8H10N2O4/c9-13-5-8(3-4-8)6-1-2-7(14-6)10(11)12/h1-2H,3-5,9H2. The van der Waals surface area contributed by atoms with Crippen molar-refractivity contribution in [2.75, 3.05) is 6.61 Å². The highest BCUT2D eigenvalue weighted by Gasteiger charge is 2.48. The van der Waals surface area contributed by atoms with Gasteiger partial charge in [0.25, 0.3) is 0 Å². The summed E-state index contributed by atoms with van der Waals surface area (Å²) in [5, 5.41) is 10.4. The molecule has 0 aliphatic heterocycles. The molecular formula is C8H10N2O4. The van der Waals surface area contributed by atoms with E-state index in [4.69, 9.17) is 10.3 Å². The molecule has 2 N–H and O–H groups in total. The second-order valence-electron chi connectivity index (χ2n) is 3.49. The van der Waals surface area contributed by atoms with Crippen LogP contribution in [0.1, 0.15) is 18.6 Å². The van der Waals surface area contributed by atoms with Crippen LogP contribution >= 0.6 is 0 Å². The zero-order valence-electron chi connectivity index (χ0n) is 7.43. The second kappa shape index (κ2) is 3.07. The molecule has 0 aromatic carbocycles. The molecule has 0 bridgehead atoms. The Kier molecular flexibility index (Phi) is 2.01. The SMILES string of the molecule is NOCC1(c2ccc([N+](=O)[O-])o2)CC1. The van der Waals surface area contributed by atoms with Crippen LogP contribution in [-0.2, 0) is 10.3 Å². The Morgan fingerprint density at radius 1 is 1.64 bits per heavy atom. The van der Waals surface area contributed by atoms with Crippen molar-refractivity contribution in [3.63, 3.8) is 0 Å². The van der Waals surface area contributed by atoms with Crippen LogP contribution in [0.25, 0.3) is 0 Å². The normalized spacial score (nSPS) is 18.1. The molecule has 1 aromatic rings. The van der Waals surface area contributed by atoms with E-state index < -0.39 is 4.92 Å². The van der Waals surface area contributed by atoms with E-state index in [9.17, 15) is 10.1 Å². The van der Waals surface area contributed by atoms with Crippen LogP contribution < -0.4 is 5.90 Å². The first-order chi connectivity index (χ1) is 6.68. The van der Waals surface area contributed by atoms with E-state index in [1.807, 2.05) is 0 Å². The molecule has 2 rings (SSSR count). The molecule has 1 saturated carbocycles. The number of nitrogens with zero attached hydrogens (tertiary/aromatic N) is 1. The van der Waals surface area contributed by atoms with Crippen molar-refractivity contribution in [3.8, 4) is 0 Å². The molecule has 0 spiro atoms. The van der Waals surface area contributed by atoms with Crippen molar-refractivity contribution < 1.29 is 14.2 Å². The predicted octanol–water partition coefficient (Wildman–Crippen LogP) is 1.11. The van der Waals surface area contributed by atoms with Crippen LogP contribution in [0.5, 0.6) is 0 Å². The van der Waals surface area contributed by atoms with E-state index in [2.05, 4.69) is 4.84 Å². The fraction of sp³-hybridized carbons (Fsp3) is 0.500. The molecule has 0 unspecified atom stereocenters. The summed E-state index contributed by atoms with van der Waals surface area (Å²) in [5.74, 6) is 5.34. The Balaban J connectivity index is 2.20. The predicted molar refractivity (Wildman–Crippen MR) is 46.4 cm³/mol. The zero-order chi connectivity index (χ0) is 10.2. The fourth-order valence-corrected chi connectivity index (χ4v) is 1.48. The first kappa shape index (κ1) is 9.17. The van der Waals surface area contributed by atoms with Gasteiger partial charge >= 0.3 is 5.88 Å². The van der Waals surface area contributed by atoms with Gasteiger partial charge in [0.1, 0.15) is 10.7 Å². The van der Waals surface area contributed by atoms with Crippen molar-refractivity contribution in [2.45, 2.75) is 18.3 Å². The molecule has 1 aliphatic rings. The Morgan fingerprint density at radius 3 is 2.79 bits per heavy atom. The minimum atomic E-state index is -0.553. The largest absolute Gasteiger partial charge is 0.433 e.